The van der Waals surface area contributed by atoms with Gasteiger partial charge in [-0.3, -0.25) is 9.59 Å². The Hall–Kier alpha value is -3.33. The van der Waals surface area contributed by atoms with E-state index < -0.39 is 11.0 Å². The van der Waals surface area contributed by atoms with E-state index in [4.69, 9.17) is 10.5 Å². The molecule has 0 saturated heterocycles. The zero-order chi connectivity index (χ0) is 22.5. The highest BCUT2D eigenvalue weighted by Gasteiger charge is 2.65. The zero-order valence-electron chi connectivity index (χ0n) is 18.4. The van der Waals surface area contributed by atoms with Gasteiger partial charge < -0.3 is 15.4 Å². The first-order valence-electron chi connectivity index (χ1n) is 10.5. The average Bonchev–Trinajstić information content (AvgIpc) is 2.89. The number of anilines is 1. The molecule has 0 saturated carbocycles. The molecule has 6 nitrogen and oxygen atoms in total. The summed E-state index contributed by atoms with van der Waals surface area (Å²) in [6, 6.07) is 7.83. The number of Topliss-reactive ketones (excluding diaryl/α,β-unsaturated/α-hetero) is 1. The van der Waals surface area contributed by atoms with Crippen molar-refractivity contribution in [3.05, 3.63) is 58.2 Å². The molecule has 0 fully saturated rings. The van der Waals surface area contributed by atoms with Gasteiger partial charge in [-0.25, -0.2) is 0 Å². The molecule has 0 unspecified atom stereocenters. The van der Waals surface area contributed by atoms with Crippen molar-refractivity contribution in [3.8, 4) is 6.07 Å². The molecule has 0 bridgehead atoms. The van der Waals surface area contributed by atoms with E-state index in [1.54, 1.807) is 4.90 Å². The molecular formula is C25H25N3O3. The molecule has 31 heavy (non-hydrogen) atoms. The molecule has 0 radical (unpaired) electrons. The highest BCUT2D eigenvalue weighted by molar-refractivity contribution is 6.22. The number of hydrogen-bond acceptors (Lipinski definition) is 5. The summed E-state index contributed by atoms with van der Waals surface area (Å²) in [6.07, 6.45) is 2.80. The van der Waals surface area contributed by atoms with Crippen LogP contribution in [-0.4, -0.2) is 17.2 Å². The fourth-order valence-corrected chi connectivity index (χ4v) is 5.90. The van der Waals surface area contributed by atoms with Crippen LogP contribution in [0.5, 0.6) is 0 Å². The minimum absolute atomic E-state index is 0.000518. The fourth-order valence-electron chi connectivity index (χ4n) is 5.90. The van der Waals surface area contributed by atoms with Crippen molar-refractivity contribution in [2.24, 2.45) is 11.1 Å². The number of ether oxygens (including phenoxy) is 1. The van der Waals surface area contributed by atoms with Crippen LogP contribution in [0.1, 0.15) is 58.6 Å². The Bertz CT molecular complexity index is 1240. The molecule has 1 amide bonds. The maximum Gasteiger partial charge on any atom is 0.248 e. The molecule has 6 heteroatoms. The van der Waals surface area contributed by atoms with E-state index in [9.17, 15) is 14.9 Å². The van der Waals surface area contributed by atoms with Crippen LogP contribution in [0.2, 0.25) is 0 Å². The van der Waals surface area contributed by atoms with E-state index in [0.29, 0.717) is 17.7 Å². The third-order valence-corrected chi connectivity index (χ3v) is 6.94. The molecule has 1 atom stereocenters. The molecule has 158 valence electrons. The highest BCUT2D eigenvalue weighted by atomic mass is 16.5. The molecule has 1 spiro atoms. The summed E-state index contributed by atoms with van der Waals surface area (Å²) in [7, 11) is 0. The monoisotopic (exact) mass is 415 g/mol. The molecule has 4 aliphatic rings. The van der Waals surface area contributed by atoms with Gasteiger partial charge in [0.05, 0.1) is 16.8 Å². The van der Waals surface area contributed by atoms with E-state index in [0.717, 1.165) is 16.8 Å². The first-order chi connectivity index (χ1) is 14.5. The van der Waals surface area contributed by atoms with Gasteiger partial charge in [0.25, 0.3) is 0 Å². The predicted molar refractivity (Wildman–Crippen MR) is 116 cm³/mol. The number of rotatable bonds is 0. The van der Waals surface area contributed by atoms with E-state index in [1.807, 2.05) is 52.8 Å². The number of nitrogens with two attached hydrogens (primary N) is 1. The lowest BCUT2D eigenvalue weighted by Gasteiger charge is -2.43. The van der Waals surface area contributed by atoms with Crippen LogP contribution in [0.15, 0.2) is 47.1 Å². The second kappa shape index (κ2) is 5.67. The van der Waals surface area contributed by atoms with Gasteiger partial charge in [-0.15, -0.1) is 0 Å². The topological polar surface area (TPSA) is 96.4 Å². The molecule has 1 aromatic carbocycles. The summed E-state index contributed by atoms with van der Waals surface area (Å²) in [5, 5.41) is 10.2. The minimum Gasteiger partial charge on any atom is -0.444 e. The van der Waals surface area contributed by atoms with Crippen molar-refractivity contribution >= 4 is 23.0 Å². The van der Waals surface area contributed by atoms with Crippen LogP contribution in [0.25, 0.3) is 5.57 Å². The number of fused-ring (bicyclic) bond motifs is 2. The number of carbonyl (C=O) groups excluding carboxylic acids is 2. The van der Waals surface area contributed by atoms with Crippen LogP contribution in [-0.2, 0) is 19.7 Å². The minimum atomic E-state index is -1.57. The van der Waals surface area contributed by atoms with Crippen LogP contribution in [0.3, 0.4) is 0 Å². The van der Waals surface area contributed by atoms with Crippen molar-refractivity contribution in [3.63, 3.8) is 0 Å². The third-order valence-electron chi connectivity index (χ3n) is 6.94. The van der Waals surface area contributed by atoms with Crippen molar-refractivity contribution in [1.29, 1.82) is 5.26 Å². The quantitative estimate of drug-likeness (QED) is 0.695. The van der Waals surface area contributed by atoms with Gasteiger partial charge in [-0.05, 0) is 31.8 Å². The second-order valence-electron chi connectivity index (χ2n) is 10.3. The standard InChI is InChI=1S/C25H25N3O3/c1-13-9-24(4,5)28-20-14(13)7-6-8-15(20)25(22(28)30)16(12-26)21(27)31-18-11-23(2,3)10-17(29)19(18)25/h6-9H,10-11,27H2,1-5H3/t25-/m0/s1. The lowest BCUT2D eigenvalue weighted by molar-refractivity contribution is -0.126. The normalized spacial score (nSPS) is 27.6. The fraction of sp³-hybridized carbons (Fsp3) is 0.400. The van der Waals surface area contributed by atoms with Crippen LogP contribution >= 0.6 is 0 Å². The predicted octanol–water partition coefficient (Wildman–Crippen LogP) is 3.83. The summed E-state index contributed by atoms with van der Waals surface area (Å²) >= 11 is 0. The van der Waals surface area contributed by atoms with Gasteiger partial charge in [-0.1, -0.05) is 38.1 Å². The van der Waals surface area contributed by atoms with Crippen molar-refractivity contribution in [2.45, 2.75) is 58.4 Å². The molecule has 3 heterocycles. The van der Waals surface area contributed by atoms with Gasteiger partial charge in [-0.2, -0.15) is 5.26 Å². The Morgan fingerprint density at radius 1 is 1.16 bits per heavy atom. The molecule has 3 aliphatic heterocycles. The van der Waals surface area contributed by atoms with Crippen molar-refractivity contribution in [2.75, 3.05) is 4.90 Å². The molecular weight excluding hydrogens is 390 g/mol. The Morgan fingerprint density at radius 3 is 2.55 bits per heavy atom. The Labute approximate surface area is 181 Å². The summed E-state index contributed by atoms with van der Waals surface area (Å²) in [5.74, 6) is -0.169. The number of carbonyl (C=O) groups is 2. The Kier molecular flexibility index (Phi) is 3.59. The number of ketones is 1. The van der Waals surface area contributed by atoms with Gasteiger partial charge in [0, 0.05) is 24.0 Å². The number of allylic oxidation sites excluding steroid dienone is 2. The molecule has 0 aromatic heterocycles. The van der Waals surface area contributed by atoms with Gasteiger partial charge in [0.15, 0.2) is 5.78 Å². The average molecular weight is 415 g/mol. The van der Waals surface area contributed by atoms with Gasteiger partial charge >= 0.3 is 0 Å². The van der Waals surface area contributed by atoms with E-state index in [1.165, 1.54) is 0 Å². The van der Waals surface area contributed by atoms with Crippen LogP contribution < -0.4 is 10.6 Å². The number of nitrogens with zero attached hydrogens (tertiary/aromatic N) is 2. The second-order valence-corrected chi connectivity index (χ2v) is 10.3. The van der Waals surface area contributed by atoms with Crippen molar-refractivity contribution < 1.29 is 14.3 Å². The number of amides is 1. The van der Waals surface area contributed by atoms with Gasteiger partial charge in [0.2, 0.25) is 11.8 Å². The lowest BCUT2D eigenvalue weighted by atomic mass is 9.62. The smallest absolute Gasteiger partial charge is 0.248 e. The number of nitriles is 1. The summed E-state index contributed by atoms with van der Waals surface area (Å²) < 4.78 is 5.85. The SMILES string of the molecule is CC1=CC(C)(C)N2C(=O)[C@]3(C(C#N)=C(N)OC4=C3C(=O)CC(C)(C)C4)c3cccc1c32. The van der Waals surface area contributed by atoms with E-state index in [-0.39, 0.29) is 40.6 Å². The van der Waals surface area contributed by atoms with Crippen LogP contribution in [0.4, 0.5) is 5.69 Å². The molecule has 1 aliphatic carbocycles. The molecule has 5 rings (SSSR count). The number of benzene rings is 1. The maximum absolute atomic E-state index is 14.4. The van der Waals surface area contributed by atoms with Crippen molar-refractivity contribution in [1.82, 2.24) is 0 Å². The van der Waals surface area contributed by atoms with Crippen LogP contribution in [0, 0.1) is 16.7 Å². The summed E-state index contributed by atoms with van der Waals surface area (Å²) in [6.45, 7) is 9.93. The summed E-state index contributed by atoms with van der Waals surface area (Å²) in [5.41, 5.74) is 7.38. The Balaban J connectivity index is 1.93. The molecule has 2 N–H and O–H groups in total. The molecule has 1 aromatic rings. The maximum atomic E-state index is 14.4. The third kappa shape index (κ3) is 2.21. The zero-order valence-corrected chi connectivity index (χ0v) is 18.4. The number of para-hydroxylation sites is 1. The first-order valence-corrected chi connectivity index (χ1v) is 10.5. The van der Waals surface area contributed by atoms with Gasteiger partial charge in [0.1, 0.15) is 22.8 Å². The lowest BCUT2D eigenvalue weighted by Crippen LogP contribution is -2.55. The van der Waals surface area contributed by atoms with E-state index in [2.05, 4.69) is 12.1 Å². The highest BCUT2D eigenvalue weighted by Crippen LogP contribution is 2.60. The first kappa shape index (κ1) is 19.6. The number of hydrogen-bond donors (Lipinski definition) is 1. The Morgan fingerprint density at radius 2 is 1.87 bits per heavy atom. The largest absolute Gasteiger partial charge is 0.444 e. The summed E-state index contributed by atoms with van der Waals surface area (Å²) in [4.78, 5) is 29.7. The van der Waals surface area contributed by atoms with E-state index >= 15 is 0 Å².